The summed E-state index contributed by atoms with van der Waals surface area (Å²) in [5.41, 5.74) is 5.10. The zero-order valence-electron chi connectivity index (χ0n) is 42.2. The number of para-hydroxylation sites is 2. The lowest BCUT2D eigenvalue weighted by molar-refractivity contribution is 0.0964. The van der Waals surface area contributed by atoms with Crippen LogP contribution in [0.5, 0.6) is 11.5 Å². The van der Waals surface area contributed by atoms with Gasteiger partial charge in [-0.25, -0.2) is 18.4 Å². The number of nitrogens with zero attached hydrogens (tertiary/aromatic N) is 7. The van der Waals surface area contributed by atoms with Crippen molar-refractivity contribution < 1.29 is 27.4 Å². The molecule has 0 spiro atoms. The Kier molecular flexibility index (Phi) is 18.5. The number of methoxy groups -OCH3 is 2. The molecule has 0 saturated carbocycles. The molecule has 392 valence electrons. The second kappa shape index (κ2) is 25.5. The predicted molar refractivity (Wildman–Crippen MR) is 296 cm³/mol. The van der Waals surface area contributed by atoms with Gasteiger partial charge in [0, 0.05) is 62.8 Å². The van der Waals surface area contributed by atoms with E-state index in [9.17, 15) is 13.2 Å². The molecule has 3 aliphatic rings. The highest BCUT2D eigenvalue weighted by atomic mass is 35.5. The van der Waals surface area contributed by atoms with Crippen molar-refractivity contribution in [1.29, 1.82) is 0 Å². The van der Waals surface area contributed by atoms with Crippen LogP contribution in [0.2, 0.25) is 10.0 Å². The molecule has 3 fully saturated rings. The largest absolute Gasteiger partial charge is 0.494 e. The zero-order chi connectivity index (χ0) is 52.0. The molecule has 2 aromatic heterocycles. The lowest BCUT2D eigenvalue weighted by Gasteiger charge is -2.41. The van der Waals surface area contributed by atoms with Crippen LogP contribution in [0.4, 0.5) is 57.7 Å². The summed E-state index contributed by atoms with van der Waals surface area (Å²) in [6, 6.07) is 26.6. The predicted octanol–water partition coefficient (Wildman–Crippen LogP) is 10.1. The Bertz CT molecular complexity index is 2970. The molecule has 4 aromatic carbocycles. The molecule has 0 unspecified atom stereocenters. The highest BCUT2D eigenvalue weighted by Gasteiger charge is 2.27. The van der Waals surface area contributed by atoms with Gasteiger partial charge in [0.15, 0.2) is 21.5 Å². The van der Waals surface area contributed by atoms with Crippen molar-refractivity contribution in [1.82, 2.24) is 30.2 Å². The number of likely N-dealkylation sites (tertiary alicyclic amines) is 1. The lowest BCUT2D eigenvalue weighted by atomic mass is 9.99. The number of amides is 1. The van der Waals surface area contributed by atoms with Crippen molar-refractivity contribution in [2.75, 3.05) is 111 Å². The van der Waals surface area contributed by atoms with Crippen LogP contribution in [0.1, 0.15) is 55.8 Å². The summed E-state index contributed by atoms with van der Waals surface area (Å²) in [5, 5.41) is 15.9. The first kappa shape index (κ1) is 53.6. The van der Waals surface area contributed by atoms with Crippen LogP contribution < -0.4 is 45.9 Å². The number of hydrogen-bond donors (Lipinski definition) is 5. The number of ether oxygens (including phenoxy) is 3. The first-order chi connectivity index (χ1) is 36.0. The van der Waals surface area contributed by atoms with E-state index in [1.54, 1.807) is 63.7 Å². The highest BCUT2D eigenvalue weighted by molar-refractivity contribution is 7.91. The standard InChI is InChI=1S/C30H39ClN6O3S.C23H25ClN6O3/c1-3-19-41(38,39)28-10-6-5-9-26(28)33-29-24(31)21-32-30(35-29)34-25-12-11-23(20-27(25)40-2)37-17-13-22(14-18-37)36-15-7-4-8-16-36;1-25-22(31)16-5-3-4-6-18(16)27-21-17(24)14-26-23(29-21)28-19-8-7-15(13-20(19)32-2)30-9-11-33-12-10-30/h5-6,9-12,20-22H,3-4,7-8,13-19H2,1-2H3,(H2,32,33,34,35);3-8,13-14H,9-12H2,1-2H3,(H,25,31)(H2,26,27,28,29). The minimum Gasteiger partial charge on any atom is -0.494 e. The second-order valence-corrected chi connectivity index (χ2v) is 20.8. The van der Waals surface area contributed by atoms with Gasteiger partial charge in [-0.3, -0.25) is 4.79 Å². The smallest absolute Gasteiger partial charge is 0.253 e. The van der Waals surface area contributed by atoms with Crippen molar-refractivity contribution in [3.8, 4) is 11.5 Å². The second-order valence-electron chi connectivity index (χ2n) is 17.9. The van der Waals surface area contributed by atoms with Crippen LogP contribution in [0.3, 0.4) is 0 Å². The maximum absolute atomic E-state index is 12.8. The first-order valence-corrected chi connectivity index (χ1v) is 27.3. The van der Waals surface area contributed by atoms with Crippen molar-refractivity contribution in [2.24, 2.45) is 0 Å². The third kappa shape index (κ3) is 13.5. The summed E-state index contributed by atoms with van der Waals surface area (Å²) >= 11 is 12.7. The number of hydrogen-bond acceptors (Lipinski definition) is 17. The van der Waals surface area contributed by atoms with Gasteiger partial charge in [0.05, 0.1) is 78.8 Å². The van der Waals surface area contributed by atoms with E-state index >= 15 is 0 Å². The number of sulfone groups is 1. The van der Waals surface area contributed by atoms with Gasteiger partial charge in [0.25, 0.3) is 5.91 Å². The van der Waals surface area contributed by atoms with Crippen LogP contribution in [0.25, 0.3) is 0 Å². The maximum Gasteiger partial charge on any atom is 0.253 e. The van der Waals surface area contributed by atoms with Crippen molar-refractivity contribution in [3.63, 3.8) is 0 Å². The molecule has 21 heteroatoms. The van der Waals surface area contributed by atoms with E-state index in [1.807, 2.05) is 43.3 Å². The number of nitrogens with one attached hydrogen (secondary N) is 5. The van der Waals surface area contributed by atoms with Crippen LogP contribution in [-0.2, 0) is 14.6 Å². The van der Waals surface area contributed by atoms with Crippen LogP contribution in [0.15, 0.2) is 102 Å². The minimum atomic E-state index is -3.45. The molecular weight excluding hydrogens is 1000 g/mol. The Labute approximate surface area is 443 Å². The molecule has 0 bridgehead atoms. The molecule has 18 nitrogen and oxygen atoms in total. The average molecular weight is 1070 g/mol. The lowest BCUT2D eigenvalue weighted by Crippen LogP contribution is -2.46. The number of halogens is 2. The van der Waals surface area contributed by atoms with Gasteiger partial charge in [-0.15, -0.1) is 0 Å². The number of aromatic nitrogens is 4. The van der Waals surface area contributed by atoms with Crippen LogP contribution in [-0.4, -0.2) is 125 Å². The molecule has 0 aliphatic carbocycles. The van der Waals surface area contributed by atoms with E-state index in [1.165, 1.54) is 57.6 Å². The number of morpholine rings is 1. The Morgan fingerprint density at radius 2 is 1.20 bits per heavy atom. The number of rotatable bonds is 17. The number of anilines is 10. The minimum absolute atomic E-state index is 0.0578. The van der Waals surface area contributed by atoms with Gasteiger partial charge in [-0.05, 0) is 93.7 Å². The Balaban J connectivity index is 0.000000202. The Morgan fingerprint density at radius 3 is 1.76 bits per heavy atom. The number of benzene rings is 4. The molecule has 74 heavy (non-hydrogen) atoms. The summed E-state index contributed by atoms with van der Waals surface area (Å²) in [5.74, 6) is 2.50. The van der Waals surface area contributed by atoms with Gasteiger partial charge in [-0.2, -0.15) is 9.97 Å². The molecule has 1 amide bonds. The van der Waals surface area contributed by atoms with E-state index in [-0.39, 0.29) is 21.6 Å². The van der Waals surface area contributed by atoms with Crippen LogP contribution in [0, 0.1) is 0 Å². The molecular formula is C53H64Cl2N12O6S. The van der Waals surface area contributed by atoms with Gasteiger partial charge >= 0.3 is 0 Å². The molecule has 5 heterocycles. The first-order valence-electron chi connectivity index (χ1n) is 24.9. The Hall–Kier alpha value is -6.64. The summed E-state index contributed by atoms with van der Waals surface area (Å²) in [7, 11) is 1.40. The van der Waals surface area contributed by atoms with Gasteiger partial charge in [0.1, 0.15) is 21.5 Å². The monoisotopic (exact) mass is 1070 g/mol. The van der Waals surface area contributed by atoms with E-state index < -0.39 is 9.84 Å². The maximum atomic E-state index is 12.8. The third-order valence-electron chi connectivity index (χ3n) is 13.1. The topological polar surface area (TPSA) is 200 Å². The average Bonchev–Trinajstić information content (AvgIpc) is 3.43. The van der Waals surface area contributed by atoms with E-state index in [0.717, 1.165) is 43.2 Å². The molecule has 9 rings (SSSR count). The molecule has 5 N–H and O–H groups in total. The van der Waals surface area contributed by atoms with E-state index in [2.05, 4.69) is 67.3 Å². The highest BCUT2D eigenvalue weighted by Crippen LogP contribution is 2.36. The van der Waals surface area contributed by atoms with Gasteiger partial charge < -0.3 is 55.5 Å². The molecule has 3 saturated heterocycles. The molecule has 0 atom stereocenters. The molecule has 3 aliphatic heterocycles. The fourth-order valence-corrected chi connectivity index (χ4v) is 11.0. The third-order valence-corrected chi connectivity index (χ3v) is 15.6. The van der Waals surface area contributed by atoms with E-state index in [0.29, 0.717) is 88.4 Å². The SMILES string of the molecule is CCCS(=O)(=O)c1ccccc1Nc1nc(Nc2ccc(N3CCC(N4CCCCC4)CC3)cc2OC)ncc1Cl.CNC(=O)c1ccccc1Nc1nc(Nc2ccc(N3CCOCC3)cc2OC)ncc1Cl. The van der Waals surface area contributed by atoms with Crippen molar-refractivity contribution in [3.05, 3.63) is 113 Å². The van der Waals surface area contributed by atoms with Crippen molar-refractivity contribution in [2.45, 2.75) is 56.4 Å². The number of carbonyl (C=O) groups is 1. The summed E-state index contributed by atoms with van der Waals surface area (Å²) < 4.78 is 42.4. The summed E-state index contributed by atoms with van der Waals surface area (Å²) in [6.07, 6.45) is 9.89. The fourth-order valence-electron chi connectivity index (χ4n) is 9.22. The normalized spacial score (nSPS) is 15.3. The quantitative estimate of drug-likeness (QED) is 0.0577. The molecule has 0 radical (unpaired) electrons. The fraction of sp³-hybridized carbons (Fsp3) is 0.377. The van der Waals surface area contributed by atoms with Crippen molar-refractivity contribution >= 4 is 96.6 Å². The van der Waals surface area contributed by atoms with Gasteiger partial charge in [0.2, 0.25) is 11.9 Å². The number of carbonyl (C=O) groups excluding carboxylic acids is 1. The van der Waals surface area contributed by atoms with Gasteiger partial charge in [-0.1, -0.05) is 60.8 Å². The summed E-state index contributed by atoms with van der Waals surface area (Å²) in [6.45, 7) is 9.47. The zero-order valence-corrected chi connectivity index (χ0v) is 44.5. The van der Waals surface area contributed by atoms with Crippen LogP contribution >= 0.6 is 23.2 Å². The number of piperidine rings is 2. The Morgan fingerprint density at radius 1 is 0.676 bits per heavy atom. The summed E-state index contributed by atoms with van der Waals surface area (Å²) in [4.78, 5) is 37.4. The molecule has 6 aromatic rings. The van der Waals surface area contributed by atoms with E-state index in [4.69, 9.17) is 37.4 Å².